The first kappa shape index (κ1) is 11.4. The molecule has 0 saturated carbocycles. The van der Waals surface area contributed by atoms with Crippen LogP contribution in [-0.4, -0.2) is 26.6 Å². The van der Waals surface area contributed by atoms with Crippen LogP contribution in [0.1, 0.15) is 27.3 Å². The average molecular weight is 207 g/mol. The molecule has 0 saturated heterocycles. The van der Waals surface area contributed by atoms with Crippen molar-refractivity contribution < 1.29 is 0 Å². The fourth-order valence-electron chi connectivity index (χ4n) is 1.41. The summed E-state index contributed by atoms with van der Waals surface area (Å²) in [5, 5.41) is 3.00. The third kappa shape index (κ3) is 1.77. The maximum Gasteiger partial charge on any atom is 0.165 e. The Bertz CT molecular complexity index is 446. The highest BCUT2D eigenvalue weighted by Gasteiger charge is 2.09. The highest BCUT2D eigenvalue weighted by Crippen LogP contribution is 2.19. The molecule has 2 heterocycles. The molecule has 0 aliphatic heterocycles. The van der Waals surface area contributed by atoms with E-state index in [0.717, 1.165) is 17.0 Å². The molecule has 0 atom stereocenters. The Balaban J connectivity index is 0.00000112. The standard InChI is InChI=1S/C9H13N5.CH4/c1-6(2)14-5-13-7-8(10-3)11-4-12-9(7)14;/h4-6H,1-3H3,(H,10,11,12);1H4. The Morgan fingerprint density at radius 1 is 1.27 bits per heavy atom. The van der Waals surface area contributed by atoms with Gasteiger partial charge in [-0.1, -0.05) is 7.43 Å². The summed E-state index contributed by atoms with van der Waals surface area (Å²) < 4.78 is 2.03. The van der Waals surface area contributed by atoms with Crippen molar-refractivity contribution in [2.75, 3.05) is 12.4 Å². The Kier molecular flexibility index (Phi) is 3.24. The van der Waals surface area contributed by atoms with E-state index in [9.17, 15) is 0 Å². The third-order valence-electron chi connectivity index (χ3n) is 2.15. The van der Waals surface area contributed by atoms with Gasteiger partial charge in [-0.05, 0) is 13.8 Å². The van der Waals surface area contributed by atoms with Crippen LogP contribution < -0.4 is 5.32 Å². The molecule has 0 fully saturated rings. The van der Waals surface area contributed by atoms with Gasteiger partial charge in [0.15, 0.2) is 11.5 Å². The molecule has 0 unspecified atom stereocenters. The predicted molar refractivity (Wildman–Crippen MR) is 62.0 cm³/mol. The summed E-state index contributed by atoms with van der Waals surface area (Å²) >= 11 is 0. The van der Waals surface area contributed by atoms with Gasteiger partial charge in [-0.2, -0.15) is 0 Å². The minimum atomic E-state index is 0. The SMILES string of the molecule is C.CNc1ncnc2c1ncn2C(C)C. The normalized spacial score (nSPS) is 10.4. The molecule has 0 aliphatic rings. The van der Waals surface area contributed by atoms with Crippen molar-refractivity contribution >= 4 is 17.0 Å². The lowest BCUT2D eigenvalue weighted by atomic mass is 10.4. The smallest absolute Gasteiger partial charge is 0.165 e. The van der Waals surface area contributed by atoms with Gasteiger partial charge in [0, 0.05) is 13.1 Å². The molecule has 5 heteroatoms. The molecule has 0 bridgehead atoms. The van der Waals surface area contributed by atoms with Crippen LogP contribution in [0.5, 0.6) is 0 Å². The summed E-state index contributed by atoms with van der Waals surface area (Å²) in [5.41, 5.74) is 1.70. The molecule has 15 heavy (non-hydrogen) atoms. The summed E-state index contributed by atoms with van der Waals surface area (Å²) in [7, 11) is 1.83. The van der Waals surface area contributed by atoms with Crippen molar-refractivity contribution in [1.82, 2.24) is 19.5 Å². The fraction of sp³-hybridized carbons (Fsp3) is 0.500. The number of anilines is 1. The molecule has 2 aromatic rings. The summed E-state index contributed by atoms with van der Waals surface area (Å²) in [6.45, 7) is 4.20. The molecular formula is C10H17N5. The van der Waals surface area contributed by atoms with Crippen LogP contribution in [0.25, 0.3) is 11.2 Å². The topological polar surface area (TPSA) is 55.6 Å². The van der Waals surface area contributed by atoms with Crippen molar-refractivity contribution in [2.45, 2.75) is 27.3 Å². The lowest BCUT2D eigenvalue weighted by Gasteiger charge is -2.06. The quantitative estimate of drug-likeness (QED) is 0.819. The van der Waals surface area contributed by atoms with Gasteiger partial charge in [0.25, 0.3) is 0 Å². The summed E-state index contributed by atoms with van der Waals surface area (Å²) in [6, 6.07) is 0.361. The number of aromatic nitrogens is 4. The molecule has 82 valence electrons. The fourth-order valence-corrected chi connectivity index (χ4v) is 1.41. The molecular weight excluding hydrogens is 190 g/mol. The number of hydrogen-bond donors (Lipinski definition) is 1. The Morgan fingerprint density at radius 2 is 2.00 bits per heavy atom. The largest absolute Gasteiger partial charge is 0.371 e. The van der Waals surface area contributed by atoms with E-state index in [1.807, 2.05) is 11.6 Å². The van der Waals surface area contributed by atoms with Gasteiger partial charge in [0.05, 0.1) is 6.33 Å². The number of nitrogens with zero attached hydrogens (tertiary/aromatic N) is 4. The second-order valence-corrected chi connectivity index (χ2v) is 3.39. The van der Waals surface area contributed by atoms with E-state index >= 15 is 0 Å². The zero-order chi connectivity index (χ0) is 10.1. The molecule has 0 radical (unpaired) electrons. The minimum absolute atomic E-state index is 0. The lowest BCUT2D eigenvalue weighted by molar-refractivity contribution is 0.612. The molecule has 2 rings (SSSR count). The lowest BCUT2D eigenvalue weighted by Crippen LogP contribution is -2.01. The van der Waals surface area contributed by atoms with E-state index in [4.69, 9.17) is 0 Å². The predicted octanol–water partition coefficient (Wildman–Crippen LogP) is 2.08. The van der Waals surface area contributed by atoms with Crippen LogP contribution in [0, 0.1) is 0 Å². The number of rotatable bonds is 2. The second-order valence-electron chi connectivity index (χ2n) is 3.39. The van der Waals surface area contributed by atoms with Crippen LogP contribution in [-0.2, 0) is 0 Å². The molecule has 0 aliphatic carbocycles. The van der Waals surface area contributed by atoms with Crippen molar-refractivity contribution in [3.05, 3.63) is 12.7 Å². The van der Waals surface area contributed by atoms with E-state index in [1.165, 1.54) is 0 Å². The van der Waals surface area contributed by atoms with Gasteiger partial charge in [0.2, 0.25) is 0 Å². The molecule has 5 nitrogen and oxygen atoms in total. The van der Waals surface area contributed by atoms with Crippen LogP contribution in [0.2, 0.25) is 0 Å². The molecule has 0 aromatic carbocycles. The van der Waals surface area contributed by atoms with E-state index in [-0.39, 0.29) is 7.43 Å². The van der Waals surface area contributed by atoms with Crippen molar-refractivity contribution in [2.24, 2.45) is 0 Å². The van der Waals surface area contributed by atoms with Crippen molar-refractivity contribution in [1.29, 1.82) is 0 Å². The van der Waals surface area contributed by atoms with Gasteiger partial charge >= 0.3 is 0 Å². The first-order chi connectivity index (χ1) is 6.74. The number of imidazole rings is 1. The maximum absolute atomic E-state index is 4.29. The molecule has 2 aromatic heterocycles. The average Bonchev–Trinajstić information content (AvgIpc) is 2.60. The van der Waals surface area contributed by atoms with E-state index in [2.05, 4.69) is 34.1 Å². The Morgan fingerprint density at radius 3 is 2.60 bits per heavy atom. The maximum atomic E-state index is 4.29. The summed E-state index contributed by atoms with van der Waals surface area (Å²) in [6.07, 6.45) is 3.35. The molecule has 0 spiro atoms. The van der Waals surface area contributed by atoms with Crippen LogP contribution in [0.15, 0.2) is 12.7 Å². The van der Waals surface area contributed by atoms with Crippen LogP contribution in [0.4, 0.5) is 5.82 Å². The number of hydrogen-bond acceptors (Lipinski definition) is 4. The first-order valence-corrected chi connectivity index (χ1v) is 4.59. The van der Waals surface area contributed by atoms with Gasteiger partial charge in [-0.15, -0.1) is 0 Å². The molecule has 1 N–H and O–H groups in total. The first-order valence-electron chi connectivity index (χ1n) is 4.59. The van der Waals surface area contributed by atoms with Crippen molar-refractivity contribution in [3.63, 3.8) is 0 Å². The monoisotopic (exact) mass is 207 g/mol. The highest BCUT2D eigenvalue weighted by molar-refractivity contribution is 5.82. The highest BCUT2D eigenvalue weighted by atomic mass is 15.1. The zero-order valence-electron chi connectivity index (χ0n) is 8.52. The van der Waals surface area contributed by atoms with Gasteiger partial charge in [0.1, 0.15) is 11.8 Å². The number of fused-ring (bicyclic) bond motifs is 1. The van der Waals surface area contributed by atoms with E-state index in [0.29, 0.717) is 6.04 Å². The van der Waals surface area contributed by atoms with Gasteiger partial charge < -0.3 is 9.88 Å². The summed E-state index contributed by atoms with van der Waals surface area (Å²) in [4.78, 5) is 12.6. The zero-order valence-corrected chi connectivity index (χ0v) is 8.52. The summed E-state index contributed by atoms with van der Waals surface area (Å²) in [5.74, 6) is 0.773. The van der Waals surface area contributed by atoms with Gasteiger partial charge in [-0.25, -0.2) is 15.0 Å². The second kappa shape index (κ2) is 4.25. The van der Waals surface area contributed by atoms with Crippen LogP contribution in [0.3, 0.4) is 0 Å². The van der Waals surface area contributed by atoms with E-state index < -0.39 is 0 Å². The van der Waals surface area contributed by atoms with Crippen molar-refractivity contribution in [3.8, 4) is 0 Å². The third-order valence-corrected chi connectivity index (χ3v) is 2.15. The van der Waals surface area contributed by atoms with Crippen LogP contribution >= 0.6 is 0 Å². The minimum Gasteiger partial charge on any atom is -0.371 e. The Labute approximate surface area is 89.6 Å². The van der Waals surface area contributed by atoms with Gasteiger partial charge in [-0.3, -0.25) is 0 Å². The number of nitrogens with one attached hydrogen (secondary N) is 1. The van der Waals surface area contributed by atoms with E-state index in [1.54, 1.807) is 12.7 Å². The Hall–Kier alpha value is -1.65. The molecule has 0 amide bonds.